The highest BCUT2D eigenvalue weighted by Gasteiger charge is 2.34. The molecule has 1 aliphatic rings. The number of likely N-dealkylation sites (N-methyl/N-ethyl adjacent to an activating group) is 1. The molecule has 7 nitrogen and oxygen atoms in total. The summed E-state index contributed by atoms with van der Waals surface area (Å²) < 4.78 is 41.7. The van der Waals surface area contributed by atoms with Gasteiger partial charge in [0, 0.05) is 67.8 Å². The molecule has 39 heavy (non-hydrogen) atoms. The zero-order chi connectivity index (χ0) is 27.4. The number of hydrogen-bond acceptors (Lipinski definition) is 6. The van der Waals surface area contributed by atoms with Gasteiger partial charge in [0.25, 0.3) is 5.91 Å². The van der Waals surface area contributed by atoms with Crippen LogP contribution in [0.15, 0.2) is 67.1 Å². The molecule has 1 aliphatic heterocycles. The first-order valence-electron chi connectivity index (χ1n) is 12.4. The van der Waals surface area contributed by atoms with Gasteiger partial charge in [-0.3, -0.25) is 14.7 Å². The summed E-state index contributed by atoms with van der Waals surface area (Å²) in [6.45, 7) is 3.20. The average molecular weight is 531 g/mol. The SMILES string of the molecule is CN1CCN(Cc2ccc(NC(=O)c3ccnc(C#Cc4cncc5ccccc45)n3)cc2C(F)(F)F)CC1. The predicted octanol–water partition coefficient (Wildman–Crippen LogP) is 4.44. The molecule has 5 rings (SSSR count). The lowest BCUT2D eigenvalue weighted by Crippen LogP contribution is -2.44. The van der Waals surface area contributed by atoms with Crippen LogP contribution in [-0.4, -0.2) is 63.9 Å². The molecule has 1 amide bonds. The van der Waals surface area contributed by atoms with Crippen molar-refractivity contribution >= 4 is 22.4 Å². The fourth-order valence-electron chi connectivity index (χ4n) is 4.38. The molecular formula is C29H25F3N6O. The Kier molecular flexibility index (Phi) is 7.54. The van der Waals surface area contributed by atoms with E-state index in [-0.39, 0.29) is 29.3 Å². The third kappa shape index (κ3) is 6.39. The second kappa shape index (κ2) is 11.2. The maximum Gasteiger partial charge on any atom is 0.416 e. The fraction of sp³-hybridized carbons (Fsp3) is 0.241. The highest BCUT2D eigenvalue weighted by Crippen LogP contribution is 2.34. The monoisotopic (exact) mass is 530 g/mol. The van der Waals surface area contributed by atoms with E-state index < -0.39 is 17.6 Å². The van der Waals surface area contributed by atoms with Gasteiger partial charge in [-0.15, -0.1) is 0 Å². The van der Waals surface area contributed by atoms with Crippen molar-refractivity contribution in [1.82, 2.24) is 24.8 Å². The third-order valence-corrected chi connectivity index (χ3v) is 6.53. The number of rotatable bonds is 4. The highest BCUT2D eigenvalue weighted by atomic mass is 19.4. The number of benzene rings is 2. The molecule has 0 aliphatic carbocycles. The lowest BCUT2D eigenvalue weighted by molar-refractivity contribution is -0.138. The van der Waals surface area contributed by atoms with Crippen molar-refractivity contribution in [2.75, 3.05) is 38.5 Å². The van der Waals surface area contributed by atoms with E-state index in [4.69, 9.17) is 0 Å². The van der Waals surface area contributed by atoms with Crippen LogP contribution in [0.2, 0.25) is 0 Å². The van der Waals surface area contributed by atoms with Gasteiger partial charge in [-0.2, -0.15) is 13.2 Å². The number of fused-ring (bicyclic) bond motifs is 1. The number of carbonyl (C=O) groups is 1. The summed E-state index contributed by atoms with van der Waals surface area (Å²) in [5.74, 6) is 5.27. The van der Waals surface area contributed by atoms with Gasteiger partial charge >= 0.3 is 6.18 Å². The van der Waals surface area contributed by atoms with Gasteiger partial charge in [-0.25, -0.2) is 9.97 Å². The molecule has 0 atom stereocenters. The minimum atomic E-state index is -4.56. The summed E-state index contributed by atoms with van der Waals surface area (Å²) in [7, 11) is 1.99. The van der Waals surface area contributed by atoms with Crippen LogP contribution < -0.4 is 5.32 Å². The molecular weight excluding hydrogens is 505 g/mol. The lowest BCUT2D eigenvalue weighted by atomic mass is 10.0. The molecule has 0 saturated carbocycles. The smallest absolute Gasteiger partial charge is 0.321 e. The predicted molar refractivity (Wildman–Crippen MR) is 142 cm³/mol. The number of hydrogen-bond donors (Lipinski definition) is 1. The molecule has 198 valence electrons. The van der Waals surface area contributed by atoms with E-state index in [1.54, 1.807) is 12.4 Å². The number of carbonyl (C=O) groups excluding carboxylic acids is 1. The van der Waals surface area contributed by atoms with Crippen LogP contribution in [-0.2, 0) is 12.7 Å². The van der Waals surface area contributed by atoms with E-state index in [2.05, 4.69) is 37.0 Å². The van der Waals surface area contributed by atoms with Gasteiger partial charge in [0.15, 0.2) is 0 Å². The van der Waals surface area contributed by atoms with Gasteiger partial charge in [0.05, 0.1) is 11.1 Å². The van der Waals surface area contributed by atoms with Gasteiger partial charge in [-0.05, 0) is 36.7 Å². The van der Waals surface area contributed by atoms with E-state index in [1.807, 2.05) is 36.2 Å². The summed E-state index contributed by atoms with van der Waals surface area (Å²) in [5.41, 5.74) is 0.107. The van der Waals surface area contributed by atoms with Crippen LogP contribution in [0, 0.1) is 11.8 Å². The first-order chi connectivity index (χ1) is 18.8. The quantitative estimate of drug-likeness (QED) is 0.394. The summed E-state index contributed by atoms with van der Waals surface area (Å²) >= 11 is 0. The Bertz CT molecular complexity index is 1560. The Morgan fingerprint density at radius 2 is 1.82 bits per heavy atom. The van der Waals surface area contributed by atoms with E-state index in [0.717, 1.165) is 29.9 Å². The highest BCUT2D eigenvalue weighted by molar-refractivity contribution is 6.02. The number of alkyl halides is 3. The molecule has 2 aromatic carbocycles. The maximum absolute atomic E-state index is 13.9. The molecule has 1 N–H and O–H groups in total. The van der Waals surface area contributed by atoms with Crippen LogP contribution in [0.25, 0.3) is 10.8 Å². The number of amides is 1. The largest absolute Gasteiger partial charge is 0.416 e. The number of anilines is 1. The number of nitrogens with one attached hydrogen (secondary N) is 1. The molecule has 2 aromatic heterocycles. The van der Waals surface area contributed by atoms with Crippen LogP contribution in [0.4, 0.5) is 18.9 Å². The van der Waals surface area contributed by atoms with Gasteiger partial charge in [0.2, 0.25) is 5.82 Å². The van der Waals surface area contributed by atoms with Gasteiger partial charge in [0.1, 0.15) is 5.69 Å². The summed E-state index contributed by atoms with van der Waals surface area (Å²) in [6, 6.07) is 12.9. The van der Waals surface area contributed by atoms with E-state index in [0.29, 0.717) is 18.7 Å². The van der Waals surface area contributed by atoms with E-state index >= 15 is 0 Å². The minimum absolute atomic E-state index is 0.0135. The Labute approximate surface area is 223 Å². The number of halogens is 3. The van der Waals surface area contributed by atoms with Crippen molar-refractivity contribution in [1.29, 1.82) is 0 Å². The van der Waals surface area contributed by atoms with Gasteiger partial charge in [-0.1, -0.05) is 36.3 Å². The van der Waals surface area contributed by atoms with Gasteiger partial charge < -0.3 is 10.2 Å². The zero-order valence-electron chi connectivity index (χ0n) is 21.2. The Hall–Kier alpha value is -4.33. The molecule has 0 bridgehead atoms. The molecule has 4 aromatic rings. The molecule has 0 radical (unpaired) electrons. The Morgan fingerprint density at radius 3 is 2.62 bits per heavy atom. The number of pyridine rings is 1. The Morgan fingerprint density at radius 1 is 1.03 bits per heavy atom. The van der Waals surface area contributed by atoms with Crippen LogP contribution in [0.5, 0.6) is 0 Å². The normalized spacial score (nSPS) is 14.6. The summed E-state index contributed by atoms with van der Waals surface area (Å²) in [5, 5.41) is 4.38. The third-order valence-electron chi connectivity index (χ3n) is 6.53. The second-order valence-electron chi connectivity index (χ2n) is 9.33. The number of piperazine rings is 1. The van der Waals surface area contributed by atoms with Crippen molar-refractivity contribution in [3.63, 3.8) is 0 Å². The standard InChI is InChI=1S/C29H25F3N6O/c1-37-12-14-38(15-13-37)19-22-6-8-23(16-25(22)29(30,31)32)35-28(39)26-10-11-34-27(36-26)9-7-21-18-33-17-20-4-2-3-5-24(20)21/h2-6,8,10-11,16-18H,12-15,19H2,1H3,(H,35,39). The topological polar surface area (TPSA) is 74.2 Å². The van der Waals surface area contributed by atoms with Crippen molar-refractivity contribution in [2.45, 2.75) is 12.7 Å². The van der Waals surface area contributed by atoms with Crippen molar-refractivity contribution < 1.29 is 18.0 Å². The average Bonchev–Trinajstić information content (AvgIpc) is 2.93. The maximum atomic E-state index is 13.9. The molecule has 1 saturated heterocycles. The van der Waals surface area contributed by atoms with Crippen molar-refractivity contribution in [3.05, 3.63) is 95.3 Å². The second-order valence-corrected chi connectivity index (χ2v) is 9.33. The number of nitrogens with zero attached hydrogens (tertiary/aromatic N) is 5. The van der Waals surface area contributed by atoms with Crippen molar-refractivity contribution in [2.24, 2.45) is 0 Å². The molecule has 3 heterocycles. The van der Waals surface area contributed by atoms with E-state index in [9.17, 15) is 18.0 Å². The van der Waals surface area contributed by atoms with Crippen molar-refractivity contribution in [3.8, 4) is 11.8 Å². The first kappa shape index (κ1) is 26.3. The Balaban J connectivity index is 1.33. The lowest BCUT2D eigenvalue weighted by Gasteiger charge is -2.33. The fourth-order valence-corrected chi connectivity index (χ4v) is 4.38. The number of aromatic nitrogens is 3. The molecule has 1 fully saturated rings. The summed E-state index contributed by atoms with van der Waals surface area (Å²) in [4.78, 5) is 29.5. The zero-order valence-corrected chi connectivity index (χ0v) is 21.2. The molecule has 0 spiro atoms. The van der Waals surface area contributed by atoms with Crippen LogP contribution in [0.1, 0.15) is 33.0 Å². The summed E-state index contributed by atoms with van der Waals surface area (Å²) in [6.07, 6.45) is 0.201. The molecule has 10 heteroatoms. The first-order valence-corrected chi connectivity index (χ1v) is 12.4. The van der Waals surface area contributed by atoms with Crippen LogP contribution >= 0.6 is 0 Å². The van der Waals surface area contributed by atoms with E-state index in [1.165, 1.54) is 24.4 Å². The molecule has 0 unspecified atom stereocenters. The van der Waals surface area contributed by atoms with Crippen LogP contribution in [0.3, 0.4) is 0 Å². The minimum Gasteiger partial charge on any atom is -0.321 e.